The van der Waals surface area contributed by atoms with Gasteiger partial charge in [0, 0.05) is 120 Å². The lowest BCUT2D eigenvalue weighted by atomic mass is 9.30. The van der Waals surface area contributed by atoms with E-state index in [0.717, 1.165) is 35.3 Å². The normalized spacial score (nSPS) is 22.5. The first-order valence-electron chi connectivity index (χ1n) is 44.3. The molecular weight excluding hydrogens is 1440 g/mol. The van der Waals surface area contributed by atoms with E-state index in [1.54, 1.807) is 0 Å². The minimum atomic E-state index is -0.224. The molecule has 9 fully saturated rings. The first-order chi connectivity index (χ1) is 59.0. The molecule has 0 radical (unpaired) electrons. The molecule has 15 aromatic rings. The summed E-state index contributed by atoms with van der Waals surface area (Å²) in [6.45, 7) is -0.420. The van der Waals surface area contributed by atoms with Crippen LogP contribution < -0.4 is 62.2 Å². The van der Waals surface area contributed by atoms with Gasteiger partial charge in [-0.1, -0.05) is 304 Å². The molecule has 4 saturated heterocycles. The molecule has 0 amide bonds. The summed E-state index contributed by atoms with van der Waals surface area (Å²) >= 11 is 0. The molecular formula is C111H90B2N6. The lowest BCUT2D eigenvalue weighted by Crippen LogP contribution is -2.67. The van der Waals surface area contributed by atoms with Crippen molar-refractivity contribution in [2.75, 3.05) is 29.4 Å². The zero-order valence-corrected chi connectivity index (χ0v) is 66.9. The fraction of sp³-hybridized carbons (Fsp3) is 0.189. The van der Waals surface area contributed by atoms with Gasteiger partial charge in [0.15, 0.2) is 0 Å². The van der Waals surface area contributed by atoms with Crippen LogP contribution in [0.3, 0.4) is 0 Å². The maximum Gasteiger partial charge on any atom is 0.252 e. The van der Waals surface area contributed by atoms with Gasteiger partial charge in [0.1, 0.15) is 0 Å². The first-order valence-corrected chi connectivity index (χ1v) is 44.3. The van der Waals surface area contributed by atoms with Crippen LogP contribution in [0, 0.1) is 35.5 Å². The predicted octanol–water partition coefficient (Wildman–Crippen LogP) is 24.0. The number of benzene rings is 15. The molecule has 6 atom stereocenters. The van der Waals surface area contributed by atoms with Crippen molar-refractivity contribution < 1.29 is 0 Å². The van der Waals surface area contributed by atoms with E-state index in [2.05, 4.69) is 381 Å². The third-order valence-electron chi connectivity index (χ3n) is 30.5. The summed E-state index contributed by atoms with van der Waals surface area (Å²) in [7, 11) is 0. The summed E-state index contributed by atoms with van der Waals surface area (Å²) in [5.74, 6) is 4.73. The van der Waals surface area contributed by atoms with Crippen molar-refractivity contribution in [1.29, 1.82) is 0 Å². The number of rotatable bonds is 12. The highest BCUT2D eigenvalue weighted by Gasteiger charge is 2.59. The Labute approximate surface area is 699 Å². The van der Waals surface area contributed by atoms with Gasteiger partial charge in [-0.2, -0.15) is 0 Å². The molecule has 5 aliphatic carbocycles. The van der Waals surface area contributed by atoms with Crippen LogP contribution in [0.1, 0.15) is 70.6 Å². The van der Waals surface area contributed by atoms with Gasteiger partial charge in [0.05, 0.1) is 17.1 Å². The highest BCUT2D eigenvalue weighted by atomic mass is 15.3. The van der Waals surface area contributed by atoms with E-state index in [9.17, 15) is 0 Å². The Kier molecular flexibility index (Phi) is 15.4. The molecule has 13 aliphatic rings. The molecule has 0 aromatic heterocycles. The summed E-state index contributed by atoms with van der Waals surface area (Å²) in [6, 6.07) is 138. The quantitative estimate of drug-likeness (QED) is 0.113. The van der Waals surface area contributed by atoms with Crippen LogP contribution in [-0.4, -0.2) is 37.6 Å². The molecule has 28 rings (SSSR count). The maximum absolute atomic E-state index is 3.07. The van der Waals surface area contributed by atoms with Crippen LogP contribution in [0.25, 0.3) is 66.8 Å². The Bertz CT molecular complexity index is 6360. The molecule has 0 spiro atoms. The van der Waals surface area contributed by atoms with Crippen LogP contribution in [0.5, 0.6) is 0 Å². The fourth-order valence-electron chi connectivity index (χ4n) is 26.3. The number of hydrogen-bond donors (Lipinski definition) is 0. The smallest absolute Gasteiger partial charge is 0.252 e. The van der Waals surface area contributed by atoms with E-state index in [1.807, 2.05) is 0 Å². The van der Waals surface area contributed by atoms with Crippen molar-refractivity contribution in [2.45, 2.75) is 94.8 Å². The molecule has 8 aliphatic heterocycles. The number of hydrogen-bond acceptors (Lipinski definition) is 6. The van der Waals surface area contributed by atoms with Gasteiger partial charge in [0.2, 0.25) is 0 Å². The Morgan fingerprint density at radius 2 is 0.571 bits per heavy atom. The van der Waals surface area contributed by atoms with E-state index in [0.29, 0.717) is 30.1 Å². The van der Waals surface area contributed by atoms with Gasteiger partial charge < -0.3 is 29.4 Å². The highest BCUT2D eigenvalue weighted by Crippen LogP contribution is 2.64. The standard InChI is InChI=1S/C111H90B2N6/c1-8-30-72(31-9-1)86-45-27-46-87(73-32-10-2-11-33-73)109(86)117-98-54-24-22-52-94(98)112-96-68-97-102(69-101(96)116(79-42-20-7-21-43-79)103-64-83(65-104(117)107(103)112)114-80-57-70-56-71(59-80)60-81(114)58-70)119(111-90(76-38-16-5-17-39-76)49-29-50-91(111)77-40-18-6-19-41-77)106-67-84(115-82-61-78-62-100(115)92-51-26-44-85(78)93(92)63-82)66-105-108(106)113(97)95-53-23-25-55-99(95)118(105)110-88(74-34-12-3-13-35-74)47-28-48-89(110)75-36-14-4-15-37-75/h1-25,27-43,45-50,52-55,64-71,78,80-82,85,92-93,100H,26,44,51,56-63H2. The van der Waals surface area contributed by atoms with Crippen molar-refractivity contribution in [3.05, 3.63) is 352 Å². The predicted molar refractivity (Wildman–Crippen MR) is 499 cm³/mol. The minimum Gasteiger partial charge on any atom is -0.365 e. The molecule has 10 bridgehead atoms. The largest absolute Gasteiger partial charge is 0.365 e. The maximum atomic E-state index is 3.07. The van der Waals surface area contributed by atoms with Gasteiger partial charge in [-0.3, -0.25) is 0 Å². The highest BCUT2D eigenvalue weighted by molar-refractivity contribution is 7.03. The summed E-state index contributed by atoms with van der Waals surface area (Å²) in [6.07, 6.45) is 14.3. The zero-order valence-electron chi connectivity index (χ0n) is 66.9. The molecule has 5 saturated carbocycles. The van der Waals surface area contributed by atoms with Crippen LogP contribution >= 0.6 is 0 Å². The Balaban J connectivity index is 0.805. The Morgan fingerprint density at radius 3 is 0.992 bits per heavy atom. The summed E-state index contributed by atoms with van der Waals surface area (Å²) in [5, 5.41) is 0. The van der Waals surface area contributed by atoms with Crippen LogP contribution in [0.15, 0.2) is 352 Å². The summed E-state index contributed by atoms with van der Waals surface area (Å²) in [4.78, 5) is 17.2. The molecule has 119 heavy (non-hydrogen) atoms. The second kappa shape index (κ2) is 26.9. The van der Waals surface area contributed by atoms with E-state index in [1.165, 1.54) is 244 Å². The van der Waals surface area contributed by atoms with Gasteiger partial charge >= 0.3 is 0 Å². The summed E-state index contributed by atoms with van der Waals surface area (Å²) in [5.41, 5.74) is 39.5. The Hall–Kier alpha value is -12.8. The average molecular weight is 1530 g/mol. The third-order valence-corrected chi connectivity index (χ3v) is 30.5. The van der Waals surface area contributed by atoms with E-state index < -0.39 is 0 Å². The molecule has 0 N–H and O–H groups in total. The van der Waals surface area contributed by atoms with Crippen molar-refractivity contribution in [2.24, 2.45) is 35.5 Å². The topological polar surface area (TPSA) is 19.4 Å². The second-order valence-corrected chi connectivity index (χ2v) is 36.4. The zero-order chi connectivity index (χ0) is 77.7. The summed E-state index contributed by atoms with van der Waals surface area (Å²) < 4.78 is 0. The number of piperidine rings is 4. The van der Waals surface area contributed by atoms with Crippen LogP contribution in [-0.2, 0) is 0 Å². The first kappa shape index (κ1) is 68.3. The third kappa shape index (κ3) is 10.3. The lowest BCUT2D eigenvalue weighted by Gasteiger charge is -2.66. The molecule has 8 heterocycles. The molecule has 15 aromatic carbocycles. The van der Waals surface area contributed by atoms with Crippen LogP contribution in [0.2, 0.25) is 0 Å². The van der Waals surface area contributed by atoms with E-state index >= 15 is 0 Å². The molecule has 6 unspecified atom stereocenters. The van der Waals surface area contributed by atoms with Gasteiger partial charge in [0.25, 0.3) is 13.4 Å². The average Bonchev–Trinajstić information content (AvgIpc) is 0.677. The van der Waals surface area contributed by atoms with Gasteiger partial charge in [-0.05, 0) is 220 Å². The van der Waals surface area contributed by atoms with E-state index in [-0.39, 0.29) is 13.4 Å². The van der Waals surface area contributed by atoms with Crippen molar-refractivity contribution in [1.82, 2.24) is 0 Å². The fourth-order valence-corrected chi connectivity index (χ4v) is 26.3. The van der Waals surface area contributed by atoms with E-state index in [4.69, 9.17) is 0 Å². The number of fused-ring (bicyclic) bond motifs is 8. The minimum absolute atomic E-state index is 0.196. The number of para-hydroxylation sites is 6. The van der Waals surface area contributed by atoms with Crippen LogP contribution in [0.4, 0.5) is 79.6 Å². The number of anilines is 14. The second-order valence-electron chi connectivity index (χ2n) is 36.4. The van der Waals surface area contributed by atoms with Crippen molar-refractivity contribution in [3.63, 3.8) is 0 Å². The monoisotopic (exact) mass is 1530 g/mol. The molecule has 8 heteroatoms. The molecule has 570 valence electrons. The Morgan fingerprint density at radius 1 is 0.227 bits per heavy atom. The van der Waals surface area contributed by atoms with Crippen molar-refractivity contribution >= 4 is 126 Å². The number of nitrogens with zero attached hydrogens (tertiary/aromatic N) is 6. The SMILES string of the molecule is c1ccc(-c2cccc(-c3ccccc3)c2N2c3ccccc3B3c4cc5c(cc4N(c4ccccc4)c4cc(N6C7CC8CC(C7)CC6C8)cc2c43)N(c2c(-c3ccccc3)cccc2-c2ccccc2)c2cc(N3C4CC6CC3C3CCCC6C3C4)cc3c2B5c2ccccc2N3c2c(-c3ccccc3)cccc2-c2ccccc2)cc1. The van der Waals surface area contributed by atoms with Gasteiger partial charge in [-0.25, -0.2) is 0 Å². The lowest BCUT2D eigenvalue weighted by molar-refractivity contribution is -0.0593. The van der Waals surface area contributed by atoms with Gasteiger partial charge in [-0.15, -0.1) is 0 Å². The molecule has 6 nitrogen and oxygen atoms in total. The van der Waals surface area contributed by atoms with Crippen molar-refractivity contribution in [3.8, 4) is 66.8 Å².